The van der Waals surface area contributed by atoms with Crippen LogP contribution in [-0.4, -0.2) is 9.55 Å². The normalized spacial score (nSPS) is 11.9. The molecule has 0 radical (unpaired) electrons. The SMILES string of the molecule is CC(C)(S)n1ccnc1. The molecule has 1 aromatic heterocycles. The van der Waals surface area contributed by atoms with Gasteiger partial charge in [-0.15, -0.1) is 0 Å². The van der Waals surface area contributed by atoms with Gasteiger partial charge in [0.15, 0.2) is 0 Å². The average molecular weight is 142 g/mol. The molecule has 0 aliphatic heterocycles. The Hall–Kier alpha value is -0.440. The number of rotatable bonds is 1. The first-order chi connectivity index (χ1) is 4.11. The molecule has 0 aromatic carbocycles. The van der Waals surface area contributed by atoms with Gasteiger partial charge in [0.05, 0.1) is 11.2 Å². The van der Waals surface area contributed by atoms with E-state index in [0.29, 0.717) is 0 Å². The van der Waals surface area contributed by atoms with Crippen molar-refractivity contribution in [1.82, 2.24) is 9.55 Å². The van der Waals surface area contributed by atoms with E-state index in [1.165, 1.54) is 0 Å². The van der Waals surface area contributed by atoms with Gasteiger partial charge in [0.25, 0.3) is 0 Å². The van der Waals surface area contributed by atoms with Gasteiger partial charge in [0.2, 0.25) is 0 Å². The van der Waals surface area contributed by atoms with Crippen molar-refractivity contribution in [2.24, 2.45) is 0 Å². The minimum absolute atomic E-state index is 0.128. The van der Waals surface area contributed by atoms with Crippen LogP contribution in [-0.2, 0) is 4.87 Å². The molecule has 1 heterocycles. The Morgan fingerprint density at radius 1 is 1.56 bits per heavy atom. The molecule has 50 valence electrons. The van der Waals surface area contributed by atoms with Gasteiger partial charge in [-0.25, -0.2) is 4.98 Å². The molecule has 0 bridgehead atoms. The minimum Gasteiger partial charge on any atom is -0.323 e. The number of hydrogen-bond donors (Lipinski definition) is 1. The average Bonchev–Trinajstić information content (AvgIpc) is 2.08. The van der Waals surface area contributed by atoms with E-state index in [0.717, 1.165) is 0 Å². The molecular formula is C6H10N2S. The summed E-state index contributed by atoms with van der Waals surface area (Å²) in [5.74, 6) is 0. The van der Waals surface area contributed by atoms with Crippen molar-refractivity contribution >= 4 is 12.6 Å². The quantitative estimate of drug-likeness (QED) is 0.588. The molecule has 0 saturated carbocycles. The van der Waals surface area contributed by atoms with Crippen molar-refractivity contribution in [3.05, 3.63) is 18.7 Å². The second-order valence-corrected chi connectivity index (χ2v) is 3.56. The maximum Gasteiger partial charge on any atom is 0.0957 e. The van der Waals surface area contributed by atoms with Gasteiger partial charge in [-0.3, -0.25) is 0 Å². The third-order valence-corrected chi connectivity index (χ3v) is 1.37. The molecule has 0 N–H and O–H groups in total. The van der Waals surface area contributed by atoms with E-state index in [1.807, 2.05) is 24.6 Å². The Kier molecular flexibility index (Phi) is 1.53. The molecule has 0 aliphatic rings. The number of nitrogens with zero attached hydrogens (tertiary/aromatic N) is 2. The van der Waals surface area contributed by atoms with Crippen LogP contribution in [0.1, 0.15) is 13.8 Å². The first kappa shape index (κ1) is 6.68. The van der Waals surface area contributed by atoms with Gasteiger partial charge in [-0.2, -0.15) is 12.6 Å². The summed E-state index contributed by atoms with van der Waals surface area (Å²) in [5.41, 5.74) is 0. The lowest BCUT2D eigenvalue weighted by atomic mass is 10.4. The zero-order valence-corrected chi connectivity index (χ0v) is 6.47. The largest absolute Gasteiger partial charge is 0.323 e. The van der Waals surface area contributed by atoms with Crippen LogP contribution in [0.4, 0.5) is 0 Å². The van der Waals surface area contributed by atoms with E-state index in [-0.39, 0.29) is 4.87 Å². The summed E-state index contributed by atoms with van der Waals surface area (Å²) in [4.78, 5) is 3.77. The molecule has 0 unspecified atom stereocenters. The molecule has 0 spiro atoms. The van der Waals surface area contributed by atoms with Crippen LogP contribution in [0, 0.1) is 0 Å². The molecule has 9 heavy (non-hydrogen) atoms. The van der Waals surface area contributed by atoms with Crippen molar-refractivity contribution in [2.45, 2.75) is 18.7 Å². The van der Waals surface area contributed by atoms with Gasteiger partial charge < -0.3 is 4.57 Å². The molecule has 0 saturated heterocycles. The fraction of sp³-hybridized carbons (Fsp3) is 0.500. The summed E-state index contributed by atoms with van der Waals surface area (Å²) in [6.45, 7) is 4.02. The Bertz CT molecular complexity index is 173. The summed E-state index contributed by atoms with van der Waals surface area (Å²) in [6, 6.07) is 0. The first-order valence-electron chi connectivity index (χ1n) is 2.81. The standard InChI is InChI=1S/C6H10N2S/c1-6(2,9)8-4-3-7-5-8/h3-5,9H,1-2H3. The Morgan fingerprint density at radius 3 is 2.44 bits per heavy atom. The van der Waals surface area contributed by atoms with Crippen molar-refractivity contribution < 1.29 is 0 Å². The topological polar surface area (TPSA) is 17.8 Å². The monoisotopic (exact) mass is 142 g/mol. The molecule has 0 atom stereocenters. The second-order valence-electron chi connectivity index (χ2n) is 2.46. The van der Waals surface area contributed by atoms with E-state index in [4.69, 9.17) is 0 Å². The van der Waals surface area contributed by atoms with Crippen molar-refractivity contribution in [2.75, 3.05) is 0 Å². The summed E-state index contributed by atoms with van der Waals surface area (Å²) in [6.07, 6.45) is 5.40. The van der Waals surface area contributed by atoms with Crippen molar-refractivity contribution in [3.8, 4) is 0 Å². The number of aromatic nitrogens is 2. The van der Waals surface area contributed by atoms with Gasteiger partial charge >= 0.3 is 0 Å². The van der Waals surface area contributed by atoms with Crippen LogP contribution in [0.25, 0.3) is 0 Å². The third kappa shape index (κ3) is 1.48. The maximum absolute atomic E-state index is 4.33. The third-order valence-electron chi connectivity index (χ3n) is 1.14. The lowest BCUT2D eigenvalue weighted by Crippen LogP contribution is -2.16. The predicted molar refractivity (Wildman–Crippen MR) is 40.5 cm³/mol. The van der Waals surface area contributed by atoms with Crippen LogP contribution in [0.15, 0.2) is 18.7 Å². The van der Waals surface area contributed by atoms with Crippen molar-refractivity contribution in [1.29, 1.82) is 0 Å². The Morgan fingerprint density at radius 2 is 2.22 bits per heavy atom. The lowest BCUT2D eigenvalue weighted by molar-refractivity contribution is 0.541. The smallest absolute Gasteiger partial charge is 0.0957 e. The van der Waals surface area contributed by atoms with E-state index in [2.05, 4.69) is 17.6 Å². The highest BCUT2D eigenvalue weighted by Crippen LogP contribution is 2.17. The number of thiol groups is 1. The summed E-state index contributed by atoms with van der Waals surface area (Å²) >= 11 is 4.33. The molecule has 1 rings (SSSR count). The van der Waals surface area contributed by atoms with Crippen LogP contribution in [0.3, 0.4) is 0 Å². The zero-order valence-electron chi connectivity index (χ0n) is 5.57. The van der Waals surface area contributed by atoms with Crippen molar-refractivity contribution in [3.63, 3.8) is 0 Å². The first-order valence-corrected chi connectivity index (χ1v) is 3.26. The summed E-state index contributed by atoms with van der Waals surface area (Å²) in [7, 11) is 0. The molecular weight excluding hydrogens is 132 g/mol. The molecule has 0 aliphatic carbocycles. The minimum atomic E-state index is -0.128. The van der Waals surface area contributed by atoms with E-state index < -0.39 is 0 Å². The molecule has 3 heteroatoms. The van der Waals surface area contributed by atoms with Crippen LogP contribution >= 0.6 is 12.6 Å². The fourth-order valence-corrected chi connectivity index (χ4v) is 0.701. The summed E-state index contributed by atoms with van der Waals surface area (Å²) < 4.78 is 1.94. The van der Waals surface area contributed by atoms with E-state index in [1.54, 1.807) is 12.5 Å². The summed E-state index contributed by atoms with van der Waals surface area (Å²) in [5, 5.41) is 0. The molecule has 0 fully saturated rings. The Balaban J connectivity index is 2.90. The lowest BCUT2D eigenvalue weighted by Gasteiger charge is -2.18. The van der Waals surface area contributed by atoms with Crippen LogP contribution < -0.4 is 0 Å². The van der Waals surface area contributed by atoms with E-state index in [9.17, 15) is 0 Å². The highest BCUT2D eigenvalue weighted by Gasteiger charge is 2.11. The maximum atomic E-state index is 4.33. The van der Waals surface area contributed by atoms with Crippen LogP contribution in [0.5, 0.6) is 0 Å². The second kappa shape index (κ2) is 2.06. The highest BCUT2D eigenvalue weighted by atomic mass is 32.1. The van der Waals surface area contributed by atoms with Gasteiger partial charge in [-0.1, -0.05) is 0 Å². The number of imidazole rings is 1. The number of hydrogen-bond acceptors (Lipinski definition) is 2. The molecule has 2 nitrogen and oxygen atoms in total. The fourth-order valence-electron chi connectivity index (χ4n) is 0.583. The zero-order chi connectivity index (χ0) is 6.91. The van der Waals surface area contributed by atoms with E-state index >= 15 is 0 Å². The van der Waals surface area contributed by atoms with Gasteiger partial charge in [-0.05, 0) is 13.8 Å². The molecule has 0 amide bonds. The van der Waals surface area contributed by atoms with Gasteiger partial charge in [0, 0.05) is 12.4 Å². The molecule has 1 aromatic rings. The Labute approximate surface area is 60.3 Å². The van der Waals surface area contributed by atoms with Crippen LogP contribution in [0.2, 0.25) is 0 Å². The predicted octanol–water partition coefficient (Wildman–Crippen LogP) is 1.51. The van der Waals surface area contributed by atoms with Gasteiger partial charge in [0.1, 0.15) is 0 Å². The highest BCUT2D eigenvalue weighted by molar-refractivity contribution is 7.81.